The summed E-state index contributed by atoms with van der Waals surface area (Å²) in [5.74, 6) is 0.118. The number of benzene rings is 1. The Morgan fingerprint density at radius 2 is 1.80 bits per heavy atom. The SMILES string of the molecule is Cl.O=C(CCl)N1CCCN(Cc2ccc(Cl)cc2)CC1. The van der Waals surface area contributed by atoms with Crippen LogP contribution in [0.5, 0.6) is 0 Å². The van der Waals surface area contributed by atoms with Crippen LogP contribution in [0.3, 0.4) is 0 Å². The van der Waals surface area contributed by atoms with Crippen molar-refractivity contribution < 1.29 is 4.79 Å². The number of halogens is 3. The molecule has 1 aliphatic rings. The van der Waals surface area contributed by atoms with Crippen LogP contribution in [-0.2, 0) is 11.3 Å². The summed E-state index contributed by atoms with van der Waals surface area (Å²) < 4.78 is 0. The first-order valence-corrected chi connectivity index (χ1v) is 7.41. The summed E-state index contributed by atoms with van der Waals surface area (Å²) >= 11 is 11.5. The third-order valence-corrected chi connectivity index (χ3v) is 3.86. The lowest BCUT2D eigenvalue weighted by Crippen LogP contribution is -2.35. The van der Waals surface area contributed by atoms with Crippen molar-refractivity contribution in [2.45, 2.75) is 13.0 Å². The van der Waals surface area contributed by atoms with Crippen molar-refractivity contribution in [1.82, 2.24) is 9.80 Å². The molecule has 0 unspecified atom stereocenters. The van der Waals surface area contributed by atoms with Gasteiger partial charge >= 0.3 is 0 Å². The van der Waals surface area contributed by atoms with Crippen LogP contribution in [0.1, 0.15) is 12.0 Å². The fourth-order valence-corrected chi connectivity index (χ4v) is 2.61. The predicted octanol–water partition coefficient (Wildman–Crippen LogP) is 3.03. The molecule has 1 heterocycles. The summed E-state index contributed by atoms with van der Waals surface area (Å²) in [4.78, 5) is 15.8. The van der Waals surface area contributed by atoms with Gasteiger partial charge in [-0.1, -0.05) is 23.7 Å². The quantitative estimate of drug-likeness (QED) is 0.792. The summed E-state index contributed by atoms with van der Waals surface area (Å²) in [6.45, 7) is 4.38. The first kappa shape index (κ1) is 17.6. The van der Waals surface area contributed by atoms with E-state index in [0.717, 1.165) is 44.2 Å². The fourth-order valence-electron chi connectivity index (χ4n) is 2.31. The molecule has 0 aliphatic carbocycles. The van der Waals surface area contributed by atoms with Gasteiger partial charge in [-0.3, -0.25) is 9.69 Å². The van der Waals surface area contributed by atoms with Crippen LogP contribution in [0, 0.1) is 0 Å². The Balaban J connectivity index is 0.00000200. The molecule has 1 aromatic carbocycles. The molecule has 1 fully saturated rings. The second-order valence-electron chi connectivity index (χ2n) is 4.77. The minimum atomic E-state index is 0. The van der Waals surface area contributed by atoms with Crippen molar-refractivity contribution in [3.8, 4) is 0 Å². The van der Waals surface area contributed by atoms with Crippen LogP contribution < -0.4 is 0 Å². The first-order valence-electron chi connectivity index (χ1n) is 6.49. The molecule has 20 heavy (non-hydrogen) atoms. The summed E-state index contributed by atoms with van der Waals surface area (Å²) in [7, 11) is 0. The average molecular weight is 338 g/mol. The molecule has 112 valence electrons. The molecular weight excluding hydrogens is 319 g/mol. The molecule has 0 N–H and O–H groups in total. The third kappa shape index (κ3) is 5.13. The van der Waals surface area contributed by atoms with Gasteiger partial charge in [-0.2, -0.15) is 0 Å². The lowest BCUT2D eigenvalue weighted by atomic mass is 10.2. The van der Waals surface area contributed by atoms with Crippen molar-refractivity contribution in [3.05, 3.63) is 34.9 Å². The zero-order valence-corrected chi connectivity index (χ0v) is 13.6. The molecule has 0 spiro atoms. The van der Waals surface area contributed by atoms with Gasteiger partial charge in [-0.15, -0.1) is 24.0 Å². The fraction of sp³-hybridized carbons (Fsp3) is 0.500. The summed E-state index contributed by atoms with van der Waals surface area (Å²) in [6, 6.07) is 7.93. The number of alkyl halides is 1. The van der Waals surface area contributed by atoms with Gasteiger partial charge in [-0.05, 0) is 24.1 Å². The zero-order valence-electron chi connectivity index (χ0n) is 11.2. The first-order chi connectivity index (χ1) is 9.19. The van der Waals surface area contributed by atoms with E-state index in [1.54, 1.807) is 0 Å². The molecule has 1 saturated heterocycles. The summed E-state index contributed by atoms with van der Waals surface area (Å²) in [6.07, 6.45) is 0.996. The van der Waals surface area contributed by atoms with E-state index in [1.807, 2.05) is 17.0 Å². The molecule has 1 aromatic rings. The number of hydrogen-bond acceptors (Lipinski definition) is 2. The van der Waals surface area contributed by atoms with Crippen LogP contribution in [0.15, 0.2) is 24.3 Å². The van der Waals surface area contributed by atoms with Crippen LogP contribution in [0.25, 0.3) is 0 Å². The molecule has 6 heteroatoms. The Labute approximate surface area is 136 Å². The van der Waals surface area contributed by atoms with Crippen molar-refractivity contribution >= 4 is 41.5 Å². The number of nitrogens with zero attached hydrogens (tertiary/aromatic N) is 2. The molecule has 0 bridgehead atoms. The second-order valence-corrected chi connectivity index (χ2v) is 5.47. The van der Waals surface area contributed by atoms with Crippen molar-refractivity contribution in [3.63, 3.8) is 0 Å². The number of carbonyl (C=O) groups excluding carboxylic acids is 1. The Kier molecular flexibility index (Phi) is 7.67. The van der Waals surface area contributed by atoms with Gasteiger partial charge in [0.25, 0.3) is 0 Å². The molecule has 0 atom stereocenters. The van der Waals surface area contributed by atoms with E-state index in [9.17, 15) is 4.79 Å². The highest BCUT2D eigenvalue weighted by molar-refractivity contribution is 6.30. The minimum absolute atomic E-state index is 0. The topological polar surface area (TPSA) is 23.6 Å². The highest BCUT2D eigenvalue weighted by atomic mass is 35.5. The standard InChI is InChI=1S/C14H18Cl2N2O.ClH/c15-10-14(19)18-7-1-6-17(8-9-18)11-12-2-4-13(16)5-3-12;/h2-5H,1,6-11H2;1H. The van der Waals surface area contributed by atoms with E-state index in [0.29, 0.717) is 0 Å². The van der Waals surface area contributed by atoms with Gasteiger partial charge in [0.15, 0.2) is 0 Å². The maximum Gasteiger partial charge on any atom is 0.237 e. The predicted molar refractivity (Wildman–Crippen MR) is 85.9 cm³/mol. The van der Waals surface area contributed by atoms with Gasteiger partial charge in [0, 0.05) is 37.7 Å². The van der Waals surface area contributed by atoms with Gasteiger partial charge in [0.05, 0.1) is 0 Å². The highest BCUT2D eigenvalue weighted by Crippen LogP contribution is 2.13. The molecule has 3 nitrogen and oxygen atoms in total. The highest BCUT2D eigenvalue weighted by Gasteiger charge is 2.18. The lowest BCUT2D eigenvalue weighted by molar-refractivity contribution is -0.128. The second kappa shape index (κ2) is 8.73. The lowest BCUT2D eigenvalue weighted by Gasteiger charge is -2.21. The van der Waals surface area contributed by atoms with E-state index in [1.165, 1.54) is 5.56 Å². The molecule has 1 amide bonds. The van der Waals surface area contributed by atoms with Gasteiger partial charge in [0.1, 0.15) is 5.88 Å². The van der Waals surface area contributed by atoms with E-state index >= 15 is 0 Å². The van der Waals surface area contributed by atoms with Gasteiger partial charge < -0.3 is 4.90 Å². The largest absolute Gasteiger partial charge is 0.340 e. The van der Waals surface area contributed by atoms with Crippen LogP contribution >= 0.6 is 35.6 Å². The van der Waals surface area contributed by atoms with Crippen molar-refractivity contribution in [2.75, 3.05) is 32.1 Å². The Hall–Kier alpha value is -0.480. The number of carbonyl (C=O) groups is 1. The van der Waals surface area contributed by atoms with E-state index in [2.05, 4.69) is 17.0 Å². The van der Waals surface area contributed by atoms with Crippen molar-refractivity contribution in [2.24, 2.45) is 0 Å². The molecular formula is C14H19Cl3N2O. The Bertz CT molecular complexity index is 425. The maximum atomic E-state index is 11.6. The van der Waals surface area contributed by atoms with Gasteiger partial charge in [-0.25, -0.2) is 0 Å². The van der Waals surface area contributed by atoms with E-state index in [4.69, 9.17) is 23.2 Å². The molecule has 0 saturated carbocycles. The van der Waals surface area contributed by atoms with Gasteiger partial charge in [0.2, 0.25) is 5.91 Å². The molecule has 0 aromatic heterocycles. The van der Waals surface area contributed by atoms with Crippen LogP contribution in [-0.4, -0.2) is 47.8 Å². The normalized spacial score (nSPS) is 16.4. The van der Waals surface area contributed by atoms with Crippen molar-refractivity contribution in [1.29, 1.82) is 0 Å². The van der Waals surface area contributed by atoms with Crippen LogP contribution in [0.4, 0.5) is 0 Å². The minimum Gasteiger partial charge on any atom is -0.340 e. The summed E-state index contributed by atoms with van der Waals surface area (Å²) in [5, 5.41) is 0.763. The average Bonchev–Trinajstić information content (AvgIpc) is 2.66. The Morgan fingerprint density at radius 1 is 1.10 bits per heavy atom. The third-order valence-electron chi connectivity index (χ3n) is 3.37. The number of hydrogen-bond donors (Lipinski definition) is 0. The number of amides is 1. The van der Waals surface area contributed by atoms with Crippen LogP contribution in [0.2, 0.25) is 5.02 Å². The molecule has 0 radical (unpaired) electrons. The zero-order chi connectivity index (χ0) is 13.7. The molecule has 1 aliphatic heterocycles. The maximum absolute atomic E-state index is 11.6. The van der Waals surface area contributed by atoms with E-state index in [-0.39, 0.29) is 24.2 Å². The monoisotopic (exact) mass is 336 g/mol. The molecule has 2 rings (SSSR count). The number of rotatable bonds is 3. The Morgan fingerprint density at radius 3 is 2.45 bits per heavy atom. The summed E-state index contributed by atoms with van der Waals surface area (Å²) in [5.41, 5.74) is 1.25. The smallest absolute Gasteiger partial charge is 0.237 e. The van der Waals surface area contributed by atoms with E-state index < -0.39 is 0 Å².